The zero-order valence-corrected chi connectivity index (χ0v) is 38.4. The van der Waals surface area contributed by atoms with Gasteiger partial charge in [0.15, 0.2) is 6.29 Å². The topological polar surface area (TPSA) is 149 Å². The monoisotopic (exact) mass is 856 g/mol. The normalized spacial score (nSPS) is 21.2. The van der Waals surface area contributed by atoms with Crippen LogP contribution in [0.25, 0.3) is 0 Å². The van der Waals surface area contributed by atoms with Gasteiger partial charge in [0.1, 0.15) is 24.4 Å². The summed E-state index contributed by atoms with van der Waals surface area (Å²) in [4.78, 5) is 13.0. The number of unbranched alkanes of at least 4 members (excludes halogenated alkanes) is 17. The molecule has 0 aromatic carbocycles. The molecule has 0 saturated carbocycles. The fraction of sp³-hybridized carbons (Fsp3) is 0.712. The number of rotatable bonds is 39. The van der Waals surface area contributed by atoms with Gasteiger partial charge in [0.2, 0.25) is 5.91 Å². The number of amides is 1. The van der Waals surface area contributed by atoms with E-state index >= 15 is 0 Å². The molecule has 1 aliphatic rings. The van der Waals surface area contributed by atoms with E-state index in [-0.39, 0.29) is 12.5 Å². The molecule has 61 heavy (non-hydrogen) atoms. The molecule has 1 saturated heterocycles. The van der Waals surface area contributed by atoms with Gasteiger partial charge in [-0.2, -0.15) is 0 Å². The highest BCUT2D eigenvalue weighted by Gasteiger charge is 2.44. The van der Waals surface area contributed by atoms with Crippen LogP contribution in [0, 0.1) is 0 Å². The van der Waals surface area contributed by atoms with Crippen LogP contribution in [0.4, 0.5) is 0 Å². The number of aliphatic hydroxyl groups excluding tert-OH is 5. The number of aliphatic hydroxyl groups is 5. The number of hydrogen-bond donors (Lipinski definition) is 6. The average molecular weight is 856 g/mol. The molecular weight excluding hydrogens is 767 g/mol. The van der Waals surface area contributed by atoms with Crippen molar-refractivity contribution in [1.29, 1.82) is 0 Å². The van der Waals surface area contributed by atoms with Crippen LogP contribution in [0.1, 0.15) is 181 Å². The molecule has 7 atom stereocenters. The summed E-state index contributed by atoms with van der Waals surface area (Å²) in [6, 6.07) is -0.832. The number of ether oxygens (including phenoxy) is 2. The summed E-state index contributed by atoms with van der Waals surface area (Å²) in [7, 11) is 0. The van der Waals surface area contributed by atoms with Crippen molar-refractivity contribution in [2.45, 2.75) is 224 Å². The average Bonchev–Trinajstić information content (AvgIpc) is 3.26. The van der Waals surface area contributed by atoms with E-state index in [9.17, 15) is 30.3 Å². The van der Waals surface area contributed by atoms with Crippen molar-refractivity contribution in [2.24, 2.45) is 0 Å². The van der Waals surface area contributed by atoms with Crippen molar-refractivity contribution in [3.05, 3.63) is 85.1 Å². The zero-order valence-electron chi connectivity index (χ0n) is 38.4. The summed E-state index contributed by atoms with van der Waals surface area (Å²) < 4.78 is 11.2. The first-order chi connectivity index (χ1) is 29.8. The minimum Gasteiger partial charge on any atom is -0.394 e. The van der Waals surface area contributed by atoms with Gasteiger partial charge in [-0.15, -0.1) is 0 Å². The van der Waals surface area contributed by atoms with Crippen LogP contribution in [0.5, 0.6) is 0 Å². The number of carbonyl (C=O) groups is 1. The molecule has 0 radical (unpaired) electrons. The van der Waals surface area contributed by atoms with Gasteiger partial charge < -0.3 is 40.3 Å². The Hall–Kier alpha value is -2.63. The molecular formula is C52H89NO8. The lowest BCUT2D eigenvalue weighted by molar-refractivity contribution is -0.302. The number of allylic oxidation sites excluding steroid dienone is 13. The molecule has 1 fully saturated rings. The van der Waals surface area contributed by atoms with Gasteiger partial charge in [0.25, 0.3) is 0 Å². The van der Waals surface area contributed by atoms with Crippen LogP contribution in [-0.4, -0.2) is 87.5 Å². The summed E-state index contributed by atoms with van der Waals surface area (Å²) in [6.45, 7) is 3.62. The standard InChI is InChI=1S/C52H89NO8/c1-3-5-7-9-11-13-15-17-19-20-21-22-23-24-25-26-28-30-32-34-36-38-40-42-48(56)53-45(44-60-52-51(59)50(58)49(57)47(43-54)61-52)46(55)41-39-37-35-33-31-29-27-18-16-14-12-10-8-6-4-2/h5,7,11,13,17,19,21-22,24-25,31,33,39,41,45-47,49-52,54-55,57-59H,3-4,6,8-10,12,14-16,18,20,23,26-30,32,34-38,40,42-44H2,1-2H3,(H,53,56)/b7-5-,13-11-,19-17-,22-21-,25-24-,33-31+,41-39+. The second-order valence-electron chi connectivity index (χ2n) is 16.5. The molecule has 0 aromatic rings. The number of nitrogens with one attached hydrogen (secondary N) is 1. The Morgan fingerprint density at radius 2 is 1.03 bits per heavy atom. The molecule has 1 aliphatic heterocycles. The molecule has 0 spiro atoms. The van der Waals surface area contributed by atoms with Gasteiger partial charge in [0, 0.05) is 6.42 Å². The molecule has 1 heterocycles. The highest BCUT2D eigenvalue weighted by molar-refractivity contribution is 5.76. The van der Waals surface area contributed by atoms with Crippen LogP contribution in [-0.2, 0) is 14.3 Å². The van der Waals surface area contributed by atoms with Crippen LogP contribution in [0.15, 0.2) is 85.1 Å². The first-order valence-corrected chi connectivity index (χ1v) is 24.3. The van der Waals surface area contributed by atoms with E-state index in [1.807, 2.05) is 6.08 Å². The lowest BCUT2D eigenvalue weighted by atomic mass is 9.99. The van der Waals surface area contributed by atoms with Gasteiger partial charge in [0.05, 0.1) is 25.4 Å². The van der Waals surface area contributed by atoms with E-state index in [1.165, 1.54) is 77.0 Å². The van der Waals surface area contributed by atoms with Gasteiger partial charge in [-0.25, -0.2) is 0 Å². The van der Waals surface area contributed by atoms with Gasteiger partial charge in [-0.3, -0.25) is 4.79 Å². The molecule has 0 bridgehead atoms. The van der Waals surface area contributed by atoms with Crippen LogP contribution >= 0.6 is 0 Å². The van der Waals surface area contributed by atoms with Crippen molar-refractivity contribution in [1.82, 2.24) is 5.32 Å². The third-order valence-electron chi connectivity index (χ3n) is 11.0. The lowest BCUT2D eigenvalue weighted by Crippen LogP contribution is -2.60. The van der Waals surface area contributed by atoms with E-state index in [1.54, 1.807) is 6.08 Å². The quantitative estimate of drug-likeness (QED) is 0.0264. The molecule has 0 aromatic heterocycles. The summed E-state index contributed by atoms with van der Waals surface area (Å²) in [6.07, 6.45) is 50.5. The van der Waals surface area contributed by atoms with E-state index < -0.39 is 49.5 Å². The maximum Gasteiger partial charge on any atom is 0.220 e. The summed E-state index contributed by atoms with van der Waals surface area (Å²) in [5, 5.41) is 54.2. The number of hydrogen-bond acceptors (Lipinski definition) is 8. The second kappa shape index (κ2) is 41.4. The summed E-state index contributed by atoms with van der Waals surface area (Å²) >= 11 is 0. The second-order valence-corrected chi connectivity index (χ2v) is 16.5. The molecule has 7 unspecified atom stereocenters. The largest absolute Gasteiger partial charge is 0.394 e. The van der Waals surface area contributed by atoms with Crippen molar-refractivity contribution < 1.29 is 39.8 Å². The Balaban J connectivity index is 2.35. The van der Waals surface area contributed by atoms with Crippen molar-refractivity contribution in [2.75, 3.05) is 13.2 Å². The Morgan fingerprint density at radius 1 is 0.574 bits per heavy atom. The fourth-order valence-electron chi connectivity index (χ4n) is 7.08. The van der Waals surface area contributed by atoms with Crippen molar-refractivity contribution >= 4 is 5.91 Å². The van der Waals surface area contributed by atoms with Gasteiger partial charge in [-0.05, 0) is 77.0 Å². The summed E-state index contributed by atoms with van der Waals surface area (Å²) in [5.41, 5.74) is 0. The van der Waals surface area contributed by atoms with E-state index in [4.69, 9.17) is 9.47 Å². The predicted octanol–water partition coefficient (Wildman–Crippen LogP) is 10.7. The van der Waals surface area contributed by atoms with Crippen molar-refractivity contribution in [3.63, 3.8) is 0 Å². The highest BCUT2D eigenvalue weighted by Crippen LogP contribution is 2.22. The molecule has 1 amide bonds. The maximum atomic E-state index is 13.0. The zero-order chi connectivity index (χ0) is 44.4. The SMILES string of the molecule is CC/C=C\C/C=C\C/C=C\C/C=C\C/C=C\CCCCCCCCCC(=O)NC(COC1OC(CO)C(O)C(O)C1O)C(O)/C=C/CC/C=C/CCCCCCCCCCC. The third-order valence-corrected chi connectivity index (χ3v) is 11.0. The molecule has 9 nitrogen and oxygen atoms in total. The Bertz CT molecular complexity index is 1220. The van der Waals surface area contributed by atoms with Crippen LogP contribution < -0.4 is 5.32 Å². The fourth-order valence-corrected chi connectivity index (χ4v) is 7.08. The summed E-state index contributed by atoms with van der Waals surface area (Å²) in [5.74, 6) is -0.202. The number of carbonyl (C=O) groups excluding carboxylic acids is 1. The van der Waals surface area contributed by atoms with Crippen LogP contribution in [0.3, 0.4) is 0 Å². The third kappa shape index (κ3) is 31.8. The molecule has 6 N–H and O–H groups in total. The smallest absolute Gasteiger partial charge is 0.220 e. The molecule has 0 aliphatic carbocycles. The maximum absolute atomic E-state index is 13.0. The van der Waals surface area contributed by atoms with E-state index in [2.05, 4.69) is 92.1 Å². The van der Waals surface area contributed by atoms with E-state index in [0.29, 0.717) is 6.42 Å². The first kappa shape index (κ1) is 56.4. The molecule has 9 heteroatoms. The highest BCUT2D eigenvalue weighted by atomic mass is 16.7. The molecule has 350 valence electrons. The predicted molar refractivity (Wildman–Crippen MR) is 253 cm³/mol. The molecule has 1 rings (SSSR count). The van der Waals surface area contributed by atoms with Crippen LogP contribution in [0.2, 0.25) is 0 Å². The van der Waals surface area contributed by atoms with E-state index in [0.717, 1.165) is 83.5 Å². The minimum absolute atomic E-state index is 0.202. The Kier molecular flexibility index (Phi) is 38.3. The lowest BCUT2D eigenvalue weighted by Gasteiger charge is -2.40. The van der Waals surface area contributed by atoms with Gasteiger partial charge in [-0.1, -0.05) is 182 Å². The van der Waals surface area contributed by atoms with Gasteiger partial charge >= 0.3 is 0 Å². The van der Waals surface area contributed by atoms with Crippen molar-refractivity contribution in [3.8, 4) is 0 Å². The Labute approximate surface area is 371 Å². The first-order valence-electron chi connectivity index (χ1n) is 24.3. The Morgan fingerprint density at radius 3 is 1.57 bits per heavy atom. The minimum atomic E-state index is -1.58.